The largest absolute Gasteiger partial charge is 0.477 e. The zero-order valence-corrected chi connectivity index (χ0v) is 8.58. The smallest absolute Gasteiger partial charge is 0.408 e. The lowest BCUT2D eigenvalue weighted by Crippen LogP contribution is -2.22. The summed E-state index contributed by atoms with van der Waals surface area (Å²) in [4.78, 5) is 21.5. The molecule has 1 aromatic rings. The molecule has 0 aromatic carbocycles. The maximum Gasteiger partial charge on any atom is 0.408 e. The molecule has 0 spiro atoms. The van der Waals surface area contributed by atoms with Gasteiger partial charge in [0.25, 0.3) is 0 Å². The number of aromatic nitrogens is 2. The lowest BCUT2D eigenvalue weighted by Gasteiger charge is -2.10. The predicted octanol–water partition coefficient (Wildman–Crippen LogP) is 1.10. The number of aromatic carboxylic acids is 1. The van der Waals surface area contributed by atoms with E-state index in [1.54, 1.807) is 0 Å². The van der Waals surface area contributed by atoms with Gasteiger partial charge >= 0.3 is 12.1 Å². The average molecular weight is 251 g/mol. The summed E-state index contributed by atoms with van der Waals surface area (Å²) < 4.78 is 36.8. The highest BCUT2D eigenvalue weighted by Crippen LogP contribution is 2.22. The van der Waals surface area contributed by atoms with Crippen molar-refractivity contribution in [3.63, 3.8) is 0 Å². The van der Waals surface area contributed by atoms with Crippen molar-refractivity contribution >= 4 is 17.7 Å². The number of alkyl halides is 3. The minimum absolute atomic E-state index is 0.380. The molecule has 1 rings (SSSR count). The lowest BCUT2D eigenvalue weighted by molar-refractivity contribution is -0.142. The summed E-state index contributed by atoms with van der Waals surface area (Å²) in [6.07, 6.45) is -3.81. The summed E-state index contributed by atoms with van der Waals surface area (Å²) in [6, 6.07) is 0. The lowest BCUT2D eigenvalue weighted by atomic mass is 10.3. The van der Waals surface area contributed by atoms with Crippen LogP contribution in [0.4, 0.5) is 19.0 Å². The van der Waals surface area contributed by atoms with Gasteiger partial charge in [0.05, 0.1) is 6.20 Å². The monoisotopic (exact) mass is 251 g/mol. The summed E-state index contributed by atoms with van der Waals surface area (Å²) in [5, 5.41) is 14.0. The molecule has 0 aliphatic rings. The van der Waals surface area contributed by atoms with Gasteiger partial charge in [-0.2, -0.15) is 18.3 Å². The molecule has 0 saturated carbocycles. The van der Waals surface area contributed by atoms with Gasteiger partial charge in [-0.15, -0.1) is 0 Å². The summed E-state index contributed by atoms with van der Waals surface area (Å²) in [7, 11) is 0. The van der Waals surface area contributed by atoms with Gasteiger partial charge in [-0.3, -0.25) is 4.79 Å². The number of nitrogens with zero attached hydrogens (tertiary/aromatic N) is 2. The first kappa shape index (κ1) is 13.0. The molecule has 0 radical (unpaired) electrons. The number of carbonyl (C=O) groups is 2. The molecule has 0 bridgehead atoms. The number of carbonyl (C=O) groups excluding carboxylic acids is 1. The van der Waals surface area contributed by atoms with E-state index in [2.05, 4.69) is 5.10 Å². The van der Waals surface area contributed by atoms with Gasteiger partial charge in [0, 0.05) is 6.92 Å². The van der Waals surface area contributed by atoms with Crippen LogP contribution < -0.4 is 5.32 Å². The van der Waals surface area contributed by atoms with Crippen molar-refractivity contribution in [2.45, 2.75) is 19.6 Å². The number of amides is 1. The number of anilines is 1. The molecule has 94 valence electrons. The first-order valence-electron chi connectivity index (χ1n) is 4.34. The van der Waals surface area contributed by atoms with Crippen LogP contribution in [0.5, 0.6) is 0 Å². The Morgan fingerprint density at radius 2 is 2.12 bits per heavy atom. The SMILES string of the molecule is CC(=O)Nc1c(C(=O)O)cnn1CC(F)(F)F. The fraction of sp³-hybridized carbons (Fsp3) is 0.375. The number of hydrogen-bond donors (Lipinski definition) is 2. The Kier molecular flexibility index (Phi) is 3.39. The second-order valence-corrected chi connectivity index (χ2v) is 3.17. The van der Waals surface area contributed by atoms with Crippen LogP contribution in [0.25, 0.3) is 0 Å². The van der Waals surface area contributed by atoms with Crippen molar-refractivity contribution < 1.29 is 27.9 Å². The Morgan fingerprint density at radius 1 is 1.53 bits per heavy atom. The van der Waals surface area contributed by atoms with E-state index in [-0.39, 0.29) is 0 Å². The first-order valence-corrected chi connectivity index (χ1v) is 4.34. The molecule has 1 amide bonds. The van der Waals surface area contributed by atoms with Crippen LogP contribution in [0.2, 0.25) is 0 Å². The van der Waals surface area contributed by atoms with Crippen molar-refractivity contribution in [2.75, 3.05) is 5.32 Å². The van der Waals surface area contributed by atoms with Crippen LogP contribution in [0.3, 0.4) is 0 Å². The number of carboxylic acid groups (broad SMARTS) is 1. The Labute approximate surface area is 93.0 Å². The van der Waals surface area contributed by atoms with Crippen molar-refractivity contribution in [1.29, 1.82) is 0 Å². The predicted molar refractivity (Wildman–Crippen MR) is 49.5 cm³/mol. The zero-order valence-electron chi connectivity index (χ0n) is 8.58. The molecule has 0 atom stereocenters. The molecule has 1 aromatic heterocycles. The highest BCUT2D eigenvalue weighted by Gasteiger charge is 2.31. The molecule has 1 heterocycles. The van der Waals surface area contributed by atoms with Gasteiger partial charge in [0.15, 0.2) is 0 Å². The Bertz CT molecular complexity index is 453. The molecule has 9 heteroatoms. The molecule has 17 heavy (non-hydrogen) atoms. The fourth-order valence-corrected chi connectivity index (χ4v) is 1.13. The second kappa shape index (κ2) is 4.44. The molecule has 2 N–H and O–H groups in total. The van der Waals surface area contributed by atoms with Gasteiger partial charge in [-0.05, 0) is 0 Å². The van der Waals surface area contributed by atoms with Gasteiger partial charge in [-0.25, -0.2) is 9.48 Å². The normalized spacial score (nSPS) is 11.3. The molecule has 6 nitrogen and oxygen atoms in total. The number of halogens is 3. The van der Waals surface area contributed by atoms with Crippen LogP contribution >= 0.6 is 0 Å². The average Bonchev–Trinajstić information content (AvgIpc) is 2.45. The Balaban J connectivity index is 3.13. The molecular formula is C8H8F3N3O3. The maximum absolute atomic E-state index is 12.1. The Hall–Kier alpha value is -2.06. The van der Waals surface area contributed by atoms with Crippen molar-refractivity contribution in [2.24, 2.45) is 0 Å². The zero-order chi connectivity index (χ0) is 13.2. The van der Waals surface area contributed by atoms with Crippen LogP contribution in [0.15, 0.2) is 6.20 Å². The van der Waals surface area contributed by atoms with E-state index < -0.39 is 36.0 Å². The van der Waals surface area contributed by atoms with Gasteiger partial charge in [0.1, 0.15) is 17.9 Å². The van der Waals surface area contributed by atoms with Crippen molar-refractivity contribution in [3.05, 3.63) is 11.8 Å². The van der Waals surface area contributed by atoms with Crippen LogP contribution in [0.1, 0.15) is 17.3 Å². The number of hydrogen-bond acceptors (Lipinski definition) is 3. The minimum atomic E-state index is -4.56. The van der Waals surface area contributed by atoms with Gasteiger partial charge in [-0.1, -0.05) is 0 Å². The highest BCUT2D eigenvalue weighted by atomic mass is 19.4. The van der Waals surface area contributed by atoms with Crippen LogP contribution in [0, 0.1) is 0 Å². The van der Waals surface area contributed by atoms with Crippen molar-refractivity contribution in [3.8, 4) is 0 Å². The minimum Gasteiger partial charge on any atom is -0.477 e. The number of carboxylic acids is 1. The standard InChI is InChI=1S/C8H8F3N3O3/c1-4(15)13-6-5(7(16)17)2-12-14(6)3-8(9,10)11/h2H,3H2,1H3,(H,13,15)(H,16,17). The third-order valence-electron chi connectivity index (χ3n) is 1.69. The van der Waals surface area contributed by atoms with E-state index in [0.717, 1.165) is 13.1 Å². The summed E-state index contributed by atoms with van der Waals surface area (Å²) in [6.45, 7) is -0.424. The Morgan fingerprint density at radius 3 is 2.53 bits per heavy atom. The number of rotatable bonds is 3. The van der Waals surface area contributed by atoms with Crippen LogP contribution in [-0.4, -0.2) is 32.9 Å². The van der Waals surface area contributed by atoms with E-state index in [1.807, 2.05) is 5.32 Å². The molecule has 0 fully saturated rings. The quantitative estimate of drug-likeness (QED) is 0.842. The van der Waals surface area contributed by atoms with E-state index in [1.165, 1.54) is 0 Å². The van der Waals surface area contributed by atoms with Crippen LogP contribution in [-0.2, 0) is 11.3 Å². The van der Waals surface area contributed by atoms with E-state index >= 15 is 0 Å². The topological polar surface area (TPSA) is 84.2 Å². The summed E-state index contributed by atoms with van der Waals surface area (Å²) >= 11 is 0. The fourth-order valence-electron chi connectivity index (χ4n) is 1.13. The molecule has 0 saturated heterocycles. The summed E-state index contributed by atoms with van der Waals surface area (Å²) in [5.41, 5.74) is -0.496. The second-order valence-electron chi connectivity index (χ2n) is 3.17. The summed E-state index contributed by atoms with van der Waals surface area (Å²) in [5.74, 6) is -2.64. The molecule has 0 aliphatic carbocycles. The van der Waals surface area contributed by atoms with E-state index in [0.29, 0.717) is 4.68 Å². The van der Waals surface area contributed by atoms with Gasteiger partial charge in [0.2, 0.25) is 5.91 Å². The van der Waals surface area contributed by atoms with E-state index in [9.17, 15) is 22.8 Å². The molecular weight excluding hydrogens is 243 g/mol. The molecule has 0 aliphatic heterocycles. The van der Waals surface area contributed by atoms with E-state index in [4.69, 9.17) is 5.11 Å². The third-order valence-corrected chi connectivity index (χ3v) is 1.69. The first-order chi connectivity index (χ1) is 7.70. The third kappa shape index (κ3) is 3.47. The maximum atomic E-state index is 12.1. The van der Waals surface area contributed by atoms with Crippen molar-refractivity contribution in [1.82, 2.24) is 9.78 Å². The number of nitrogens with one attached hydrogen (secondary N) is 1. The molecule has 0 unspecified atom stereocenters. The highest BCUT2D eigenvalue weighted by molar-refractivity contribution is 5.98. The van der Waals surface area contributed by atoms with Gasteiger partial charge < -0.3 is 10.4 Å².